The van der Waals surface area contributed by atoms with Crippen LogP contribution in [0, 0.1) is 0 Å². The molecule has 1 amide bonds. The summed E-state index contributed by atoms with van der Waals surface area (Å²) in [4.78, 5) is 16.3. The Morgan fingerprint density at radius 3 is 2.79 bits per heavy atom. The summed E-state index contributed by atoms with van der Waals surface area (Å²) in [6.07, 6.45) is 0. The molecule has 2 heterocycles. The Hall–Kier alpha value is -2.48. The topological polar surface area (TPSA) is 94.1 Å². The van der Waals surface area contributed by atoms with E-state index in [0.717, 1.165) is 15.7 Å². The summed E-state index contributed by atoms with van der Waals surface area (Å²) < 4.78 is 11.1. The van der Waals surface area contributed by atoms with Crippen molar-refractivity contribution >= 4 is 21.8 Å². The zero-order valence-corrected chi connectivity index (χ0v) is 14.7. The van der Waals surface area contributed by atoms with Gasteiger partial charge in [-0.25, -0.2) is 0 Å². The van der Waals surface area contributed by atoms with Gasteiger partial charge in [-0.3, -0.25) is 4.79 Å². The lowest BCUT2D eigenvalue weighted by Gasteiger charge is -1.97. The second-order valence-electron chi connectivity index (χ2n) is 5.48. The molecule has 3 rings (SSSR count). The predicted molar refractivity (Wildman–Crippen MR) is 89.2 cm³/mol. The molecule has 0 unspecified atom stereocenters. The van der Waals surface area contributed by atoms with Crippen LogP contribution in [0.3, 0.4) is 0 Å². The van der Waals surface area contributed by atoms with E-state index < -0.39 is 0 Å². The van der Waals surface area contributed by atoms with E-state index in [1.54, 1.807) is 6.07 Å². The number of halogens is 1. The van der Waals surface area contributed by atoms with E-state index in [9.17, 15) is 4.79 Å². The Morgan fingerprint density at radius 1 is 1.25 bits per heavy atom. The lowest BCUT2D eigenvalue weighted by atomic mass is 10.1. The molecule has 0 saturated carbocycles. The standard InChI is InChI=1S/C16H15BrN4O3/c1-9(2)12-7-13(23-20-12)16(22)18-8-14-19-15(21-24-14)10-4-3-5-11(17)6-10/h3-7,9H,8H2,1-2H3,(H,18,22). The van der Waals surface area contributed by atoms with Gasteiger partial charge in [-0.15, -0.1) is 0 Å². The number of hydrogen-bond donors (Lipinski definition) is 1. The summed E-state index contributed by atoms with van der Waals surface area (Å²) in [5.41, 5.74) is 1.55. The van der Waals surface area contributed by atoms with Crippen molar-refractivity contribution in [2.45, 2.75) is 26.3 Å². The van der Waals surface area contributed by atoms with E-state index in [4.69, 9.17) is 9.05 Å². The third-order valence-electron chi connectivity index (χ3n) is 3.29. The number of carbonyl (C=O) groups is 1. The number of hydrogen-bond acceptors (Lipinski definition) is 6. The van der Waals surface area contributed by atoms with Crippen LogP contribution in [0.15, 0.2) is 43.9 Å². The van der Waals surface area contributed by atoms with Crippen molar-refractivity contribution in [1.82, 2.24) is 20.6 Å². The van der Waals surface area contributed by atoms with Crippen molar-refractivity contribution in [1.29, 1.82) is 0 Å². The second-order valence-corrected chi connectivity index (χ2v) is 6.39. The number of rotatable bonds is 5. The molecule has 2 aromatic heterocycles. The van der Waals surface area contributed by atoms with E-state index >= 15 is 0 Å². The van der Waals surface area contributed by atoms with Gasteiger partial charge in [-0.2, -0.15) is 4.98 Å². The van der Waals surface area contributed by atoms with Gasteiger partial charge in [0.05, 0.1) is 12.2 Å². The van der Waals surface area contributed by atoms with Crippen LogP contribution in [0.5, 0.6) is 0 Å². The molecule has 0 aliphatic rings. The first-order valence-corrected chi connectivity index (χ1v) is 8.15. The van der Waals surface area contributed by atoms with E-state index in [1.165, 1.54) is 0 Å². The molecule has 7 nitrogen and oxygen atoms in total. The summed E-state index contributed by atoms with van der Waals surface area (Å²) in [6, 6.07) is 9.18. The van der Waals surface area contributed by atoms with Crippen molar-refractivity contribution < 1.29 is 13.8 Å². The maximum absolute atomic E-state index is 12.0. The Morgan fingerprint density at radius 2 is 2.08 bits per heavy atom. The zero-order chi connectivity index (χ0) is 17.1. The number of aromatic nitrogens is 3. The van der Waals surface area contributed by atoms with Crippen LogP contribution >= 0.6 is 15.9 Å². The van der Waals surface area contributed by atoms with Gasteiger partial charge in [0.15, 0.2) is 0 Å². The Labute approximate surface area is 146 Å². The molecule has 1 N–H and O–H groups in total. The van der Waals surface area contributed by atoms with Crippen molar-refractivity contribution in [2.24, 2.45) is 0 Å². The van der Waals surface area contributed by atoms with Crippen molar-refractivity contribution in [2.75, 3.05) is 0 Å². The van der Waals surface area contributed by atoms with Gasteiger partial charge >= 0.3 is 0 Å². The molecule has 124 valence electrons. The molecule has 0 saturated heterocycles. The minimum Gasteiger partial charge on any atom is -0.351 e. The Bertz CT molecular complexity index is 856. The van der Waals surface area contributed by atoms with Crippen LogP contribution in [0.25, 0.3) is 11.4 Å². The second kappa shape index (κ2) is 6.96. The van der Waals surface area contributed by atoms with Crippen LogP contribution in [0.2, 0.25) is 0 Å². The van der Waals surface area contributed by atoms with Crippen LogP contribution in [0.4, 0.5) is 0 Å². The summed E-state index contributed by atoms with van der Waals surface area (Å²) in [6.45, 7) is 4.06. The smallest absolute Gasteiger partial charge is 0.290 e. The quantitative estimate of drug-likeness (QED) is 0.715. The predicted octanol–water partition coefficient (Wildman–Crippen LogP) is 3.54. The Kier molecular flexibility index (Phi) is 4.75. The summed E-state index contributed by atoms with van der Waals surface area (Å²) >= 11 is 3.39. The summed E-state index contributed by atoms with van der Waals surface area (Å²) in [7, 11) is 0. The highest BCUT2D eigenvalue weighted by atomic mass is 79.9. The molecule has 0 fully saturated rings. The molecule has 0 spiro atoms. The molecule has 3 aromatic rings. The van der Waals surface area contributed by atoms with E-state index in [2.05, 4.69) is 36.5 Å². The minimum atomic E-state index is -0.378. The highest BCUT2D eigenvalue weighted by Gasteiger charge is 2.16. The third-order valence-corrected chi connectivity index (χ3v) is 3.79. The number of benzene rings is 1. The maximum atomic E-state index is 12.0. The number of amides is 1. The van der Waals surface area contributed by atoms with Crippen molar-refractivity contribution in [3.8, 4) is 11.4 Å². The molecule has 0 bridgehead atoms. The van der Waals surface area contributed by atoms with Gasteiger partial charge in [0.1, 0.15) is 0 Å². The fourth-order valence-corrected chi connectivity index (χ4v) is 2.38. The van der Waals surface area contributed by atoms with Crippen LogP contribution in [-0.4, -0.2) is 21.2 Å². The molecule has 0 atom stereocenters. The van der Waals surface area contributed by atoms with E-state index in [1.807, 2.05) is 38.1 Å². The molecular weight excluding hydrogens is 376 g/mol. The molecule has 24 heavy (non-hydrogen) atoms. The average molecular weight is 391 g/mol. The highest BCUT2D eigenvalue weighted by molar-refractivity contribution is 9.10. The SMILES string of the molecule is CC(C)c1cc(C(=O)NCc2nc(-c3cccc(Br)c3)no2)on1. The van der Waals surface area contributed by atoms with Crippen molar-refractivity contribution in [3.05, 3.63) is 52.1 Å². The molecule has 0 aliphatic carbocycles. The number of carbonyl (C=O) groups excluding carboxylic acids is 1. The van der Waals surface area contributed by atoms with Crippen LogP contribution < -0.4 is 5.32 Å². The molecule has 0 aliphatic heterocycles. The number of nitrogens with one attached hydrogen (secondary N) is 1. The summed E-state index contributed by atoms with van der Waals surface area (Å²) in [5.74, 6) is 0.741. The van der Waals surface area contributed by atoms with Gasteiger partial charge in [0.2, 0.25) is 17.5 Å². The van der Waals surface area contributed by atoms with Crippen LogP contribution in [-0.2, 0) is 6.54 Å². The van der Waals surface area contributed by atoms with Gasteiger partial charge in [-0.05, 0) is 18.1 Å². The highest BCUT2D eigenvalue weighted by Crippen LogP contribution is 2.20. The lowest BCUT2D eigenvalue weighted by molar-refractivity contribution is 0.0909. The third kappa shape index (κ3) is 3.70. The first kappa shape index (κ1) is 16.4. The van der Waals surface area contributed by atoms with E-state index in [-0.39, 0.29) is 24.1 Å². The minimum absolute atomic E-state index is 0.109. The fraction of sp³-hybridized carbons (Fsp3) is 0.250. The molecular formula is C16H15BrN4O3. The largest absolute Gasteiger partial charge is 0.351 e. The van der Waals surface area contributed by atoms with Crippen LogP contribution in [0.1, 0.15) is 41.9 Å². The first-order chi connectivity index (χ1) is 11.5. The summed E-state index contributed by atoms with van der Waals surface area (Å²) in [5, 5.41) is 10.4. The van der Waals surface area contributed by atoms with Crippen molar-refractivity contribution in [3.63, 3.8) is 0 Å². The van der Waals surface area contributed by atoms with Gasteiger partial charge < -0.3 is 14.4 Å². The molecule has 0 radical (unpaired) electrons. The monoisotopic (exact) mass is 390 g/mol. The Balaban J connectivity index is 1.63. The fourth-order valence-electron chi connectivity index (χ4n) is 1.98. The van der Waals surface area contributed by atoms with Gasteiger partial charge in [-0.1, -0.05) is 52.2 Å². The molecule has 8 heteroatoms. The average Bonchev–Trinajstić information content (AvgIpc) is 3.22. The number of nitrogens with zero attached hydrogens (tertiary/aromatic N) is 3. The van der Waals surface area contributed by atoms with Gasteiger partial charge in [0, 0.05) is 16.1 Å². The normalized spacial score (nSPS) is 11.0. The maximum Gasteiger partial charge on any atom is 0.290 e. The first-order valence-electron chi connectivity index (χ1n) is 7.36. The lowest BCUT2D eigenvalue weighted by Crippen LogP contribution is -2.22. The van der Waals surface area contributed by atoms with Gasteiger partial charge in [0.25, 0.3) is 5.91 Å². The molecule has 1 aromatic carbocycles. The van der Waals surface area contributed by atoms with E-state index in [0.29, 0.717) is 11.7 Å². The zero-order valence-electron chi connectivity index (χ0n) is 13.1.